The Bertz CT molecular complexity index is 3630. The Labute approximate surface area is 460 Å². The van der Waals surface area contributed by atoms with Crippen LogP contribution in [0, 0.1) is 18.5 Å². The summed E-state index contributed by atoms with van der Waals surface area (Å²) in [6.45, 7) is 29.8. The van der Waals surface area contributed by atoms with Gasteiger partial charge in [0.05, 0.1) is 11.4 Å². The molecular formula is C69H70N4OPt-2. The summed E-state index contributed by atoms with van der Waals surface area (Å²) < 4.78 is 13.3. The van der Waals surface area contributed by atoms with E-state index in [9.17, 15) is 0 Å². The molecule has 384 valence electrons. The molecule has 10 rings (SSSR count). The fourth-order valence-electron chi connectivity index (χ4n) is 10.6. The molecule has 0 spiro atoms. The van der Waals surface area contributed by atoms with E-state index in [-0.39, 0.29) is 37.3 Å². The molecule has 3 heterocycles. The van der Waals surface area contributed by atoms with Crippen LogP contribution in [-0.2, 0) is 37.3 Å². The van der Waals surface area contributed by atoms with Gasteiger partial charge in [-0.05, 0) is 115 Å². The zero-order valence-corrected chi connectivity index (χ0v) is 48.2. The number of benzene rings is 7. The van der Waals surface area contributed by atoms with Crippen LogP contribution in [0.1, 0.15) is 152 Å². The first-order valence-corrected chi connectivity index (χ1v) is 26.4. The first-order chi connectivity index (χ1) is 35.3. The van der Waals surface area contributed by atoms with E-state index in [2.05, 4.69) is 263 Å². The third-order valence-electron chi connectivity index (χ3n) is 15.3. The molecule has 0 N–H and O–H groups in total. The number of aromatic nitrogens is 4. The summed E-state index contributed by atoms with van der Waals surface area (Å²) in [4.78, 5) is 5.15. The van der Waals surface area contributed by atoms with Crippen molar-refractivity contribution in [3.8, 4) is 39.8 Å². The first kappa shape index (κ1) is 53.0. The summed E-state index contributed by atoms with van der Waals surface area (Å²) in [6.07, 6.45) is 7.87. The number of nitrogens with zero attached hydrogens (tertiary/aromatic N) is 4. The topological polar surface area (TPSA) is 35.9 Å². The molecule has 0 atom stereocenters. The van der Waals surface area contributed by atoms with Crippen LogP contribution < -0.4 is 9.30 Å². The smallest absolute Gasteiger partial charge is 0.267 e. The van der Waals surface area contributed by atoms with Crippen LogP contribution in [0.15, 0.2) is 170 Å². The van der Waals surface area contributed by atoms with Crippen LogP contribution in [0.4, 0.5) is 0 Å². The minimum atomic E-state index is -0.351. The summed E-state index contributed by atoms with van der Waals surface area (Å²) in [5, 5.41) is 2.21. The van der Waals surface area contributed by atoms with Crippen LogP contribution in [0.5, 0.6) is 11.5 Å². The molecule has 10 aromatic rings. The van der Waals surface area contributed by atoms with Crippen LogP contribution in [-0.4, -0.2) is 14.1 Å². The van der Waals surface area contributed by atoms with Gasteiger partial charge in [-0.2, -0.15) is 18.2 Å². The van der Waals surface area contributed by atoms with Gasteiger partial charge in [0.25, 0.3) is 6.33 Å². The van der Waals surface area contributed by atoms with E-state index >= 15 is 0 Å². The molecule has 0 unspecified atom stereocenters. The number of hydrogen-bond acceptors (Lipinski definition) is 2. The van der Waals surface area contributed by atoms with Crippen molar-refractivity contribution in [2.24, 2.45) is 0 Å². The zero-order valence-electron chi connectivity index (χ0n) is 45.9. The molecule has 7 aromatic carbocycles. The molecule has 0 saturated carbocycles. The molecule has 0 bridgehead atoms. The quantitative estimate of drug-likeness (QED) is 0.0852. The standard InChI is InChI=1S/C69H70N4O.Pt/c1-45(2)49-36-59(46(3)4)66(60(37-49)47(5)6)48-34-35-70-65(38-48)73-62-33-30-53(68(10,11)50-22-16-14-17-23-50)40-61(62)58-32-31-57(42-63(58)73)74-56-29-21-27-54(41-56)71-43-64(69(12,13)51-24-18-15-19-25-51)72(44-71)55-28-20-26-52(39-55)67(7,8)9;/h14-40,43,45-47H,1-13H3;/q-2;. The molecular weight excluding hydrogens is 1100 g/mol. The molecule has 6 heteroatoms. The van der Waals surface area contributed by atoms with E-state index in [4.69, 9.17) is 9.72 Å². The van der Waals surface area contributed by atoms with Crippen molar-refractivity contribution in [1.29, 1.82) is 0 Å². The molecule has 0 aliphatic rings. The Morgan fingerprint density at radius 2 is 1.17 bits per heavy atom. The summed E-state index contributed by atoms with van der Waals surface area (Å²) in [7, 11) is 0. The summed E-state index contributed by atoms with van der Waals surface area (Å²) in [5.74, 6) is 3.10. The van der Waals surface area contributed by atoms with Crippen molar-refractivity contribution in [2.45, 2.75) is 124 Å². The Morgan fingerprint density at radius 1 is 0.547 bits per heavy atom. The van der Waals surface area contributed by atoms with Gasteiger partial charge in [-0.1, -0.05) is 193 Å². The van der Waals surface area contributed by atoms with Crippen molar-refractivity contribution >= 4 is 21.8 Å². The second-order valence-corrected chi connectivity index (χ2v) is 23.2. The van der Waals surface area contributed by atoms with Crippen molar-refractivity contribution in [1.82, 2.24) is 14.1 Å². The summed E-state index contributed by atoms with van der Waals surface area (Å²) in [5.41, 5.74) is 15.9. The predicted octanol–water partition coefficient (Wildman–Crippen LogP) is 17.4. The fourth-order valence-corrected chi connectivity index (χ4v) is 10.6. The van der Waals surface area contributed by atoms with Crippen LogP contribution >= 0.6 is 0 Å². The Kier molecular flexibility index (Phi) is 14.7. The number of imidazole rings is 1. The molecule has 75 heavy (non-hydrogen) atoms. The molecule has 0 saturated heterocycles. The predicted molar refractivity (Wildman–Crippen MR) is 306 cm³/mol. The second kappa shape index (κ2) is 20.7. The number of hydrogen-bond donors (Lipinski definition) is 0. The van der Waals surface area contributed by atoms with Gasteiger partial charge in [-0.3, -0.25) is 4.57 Å². The van der Waals surface area contributed by atoms with E-state index in [1.165, 1.54) is 44.5 Å². The van der Waals surface area contributed by atoms with Gasteiger partial charge >= 0.3 is 0 Å². The SMILES string of the molecule is CC(C)c1cc(C(C)C)c(-c2ccnc(-n3c4[c-]c(Oc5[c-]c(-n6[c-][n+](-c7cccc(C(C)(C)C)c7)c(C(C)(C)c7ccccc7)c6)ccc5)ccc4c4cc(C(C)(C)c5ccccc5)ccc43)c2)c(C(C)C)c1.[Pt]. The van der Waals surface area contributed by atoms with Gasteiger partial charge in [-0.15, -0.1) is 29.7 Å². The maximum atomic E-state index is 6.81. The molecule has 0 aliphatic carbocycles. The molecule has 5 nitrogen and oxygen atoms in total. The van der Waals surface area contributed by atoms with E-state index in [0.717, 1.165) is 50.3 Å². The normalized spacial score (nSPS) is 12.3. The fraction of sp³-hybridized carbons (Fsp3) is 0.275. The minimum absolute atomic E-state index is 0. The van der Waals surface area contributed by atoms with Crippen molar-refractivity contribution in [3.63, 3.8) is 0 Å². The Balaban J connectivity index is 0.00000689. The Morgan fingerprint density at radius 3 is 1.81 bits per heavy atom. The van der Waals surface area contributed by atoms with Crippen LogP contribution in [0.3, 0.4) is 0 Å². The van der Waals surface area contributed by atoms with Gasteiger partial charge in [-0.25, -0.2) is 4.98 Å². The molecule has 0 aliphatic heterocycles. The average Bonchev–Trinajstić information content (AvgIpc) is 4.00. The van der Waals surface area contributed by atoms with E-state index in [1.807, 2.05) is 29.0 Å². The van der Waals surface area contributed by atoms with E-state index in [0.29, 0.717) is 29.3 Å². The maximum Gasteiger partial charge on any atom is 0.267 e. The van der Waals surface area contributed by atoms with Gasteiger partial charge in [0.1, 0.15) is 5.82 Å². The number of pyridine rings is 1. The van der Waals surface area contributed by atoms with Crippen LogP contribution in [0.25, 0.3) is 50.1 Å². The second-order valence-electron chi connectivity index (χ2n) is 23.2. The summed E-state index contributed by atoms with van der Waals surface area (Å²) >= 11 is 0. The molecule has 3 aromatic heterocycles. The molecule has 0 radical (unpaired) electrons. The number of fused-ring (bicyclic) bond motifs is 3. The molecule has 0 amide bonds. The monoisotopic (exact) mass is 1170 g/mol. The Hall–Kier alpha value is -6.81. The maximum absolute atomic E-state index is 6.81. The van der Waals surface area contributed by atoms with E-state index in [1.54, 1.807) is 0 Å². The number of ether oxygens (including phenoxy) is 1. The van der Waals surface area contributed by atoms with Gasteiger partial charge in [0, 0.05) is 61.3 Å². The van der Waals surface area contributed by atoms with Crippen molar-refractivity contribution in [3.05, 3.63) is 233 Å². The van der Waals surface area contributed by atoms with Gasteiger partial charge < -0.3 is 13.9 Å². The third-order valence-corrected chi connectivity index (χ3v) is 15.3. The third kappa shape index (κ3) is 10.2. The van der Waals surface area contributed by atoms with Crippen molar-refractivity contribution in [2.75, 3.05) is 0 Å². The van der Waals surface area contributed by atoms with E-state index < -0.39 is 0 Å². The number of rotatable bonds is 13. The molecule has 0 fully saturated rings. The van der Waals surface area contributed by atoms with Gasteiger partial charge in [0.2, 0.25) is 0 Å². The zero-order chi connectivity index (χ0) is 52.3. The minimum Gasteiger partial charge on any atom is -0.510 e. The largest absolute Gasteiger partial charge is 0.510 e. The first-order valence-electron chi connectivity index (χ1n) is 26.4. The van der Waals surface area contributed by atoms with Crippen molar-refractivity contribution < 1.29 is 30.4 Å². The van der Waals surface area contributed by atoms with Gasteiger partial charge in [0.15, 0.2) is 0 Å². The average molecular weight is 1170 g/mol. The summed E-state index contributed by atoms with van der Waals surface area (Å²) in [6, 6.07) is 64.1. The van der Waals surface area contributed by atoms with Crippen LogP contribution in [0.2, 0.25) is 0 Å².